The lowest BCUT2D eigenvalue weighted by molar-refractivity contribution is 0.00939. The van der Waals surface area contributed by atoms with Gasteiger partial charge in [0.1, 0.15) is 10.7 Å². The largest absolute Gasteiger partial charge is 0.389 e. The van der Waals surface area contributed by atoms with Crippen molar-refractivity contribution in [2.45, 2.75) is 30.3 Å². The maximum absolute atomic E-state index is 12.4. The van der Waals surface area contributed by atoms with E-state index in [0.29, 0.717) is 25.2 Å². The summed E-state index contributed by atoms with van der Waals surface area (Å²) in [6, 6.07) is 2.94. The molecule has 0 saturated carbocycles. The number of piperidine rings is 1. The first-order valence-corrected chi connectivity index (χ1v) is 7.44. The first kappa shape index (κ1) is 14.2. The molecule has 7 nitrogen and oxygen atoms in total. The monoisotopic (exact) mass is 286 g/mol. The molecule has 1 unspecified atom stereocenters. The van der Waals surface area contributed by atoms with E-state index in [9.17, 15) is 13.5 Å². The summed E-state index contributed by atoms with van der Waals surface area (Å²) in [5.41, 5.74) is 1.36. The van der Waals surface area contributed by atoms with Gasteiger partial charge in [-0.1, -0.05) is 0 Å². The van der Waals surface area contributed by atoms with Crippen molar-refractivity contribution in [1.82, 2.24) is 9.29 Å². The van der Waals surface area contributed by atoms with E-state index in [1.54, 1.807) is 6.92 Å². The van der Waals surface area contributed by atoms with Gasteiger partial charge in [0, 0.05) is 19.3 Å². The van der Waals surface area contributed by atoms with Gasteiger partial charge in [0.05, 0.1) is 5.60 Å². The number of hydrogen-bond donors (Lipinski definition) is 3. The summed E-state index contributed by atoms with van der Waals surface area (Å²) >= 11 is 0. The SMILES string of the molecule is CC1(O)CCCN(S(=O)(=O)c2ccc(NN)nc2)C1. The van der Waals surface area contributed by atoms with Crippen molar-refractivity contribution >= 4 is 15.8 Å². The minimum atomic E-state index is -3.62. The molecule has 1 aromatic rings. The molecule has 1 fully saturated rings. The van der Waals surface area contributed by atoms with E-state index in [2.05, 4.69) is 10.4 Å². The zero-order valence-corrected chi connectivity index (χ0v) is 11.5. The highest BCUT2D eigenvalue weighted by molar-refractivity contribution is 7.89. The third-order valence-electron chi connectivity index (χ3n) is 3.16. The number of nitrogen functional groups attached to an aromatic ring is 1. The van der Waals surface area contributed by atoms with Crippen LogP contribution in [0.2, 0.25) is 0 Å². The quantitative estimate of drug-likeness (QED) is 0.529. The molecular formula is C11H18N4O3S. The van der Waals surface area contributed by atoms with Crippen molar-refractivity contribution in [1.29, 1.82) is 0 Å². The molecule has 106 valence electrons. The Hall–Kier alpha value is -1.22. The van der Waals surface area contributed by atoms with Crippen molar-refractivity contribution < 1.29 is 13.5 Å². The van der Waals surface area contributed by atoms with Crippen molar-refractivity contribution in [2.75, 3.05) is 18.5 Å². The molecule has 8 heteroatoms. The first-order chi connectivity index (χ1) is 8.85. The summed E-state index contributed by atoms with van der Waals surface area (Å²) < 4.78 is 26.1. The summed E-state index contributed by atoms with van der Waals surface area (Å²) in [5.74, 6) is 5.58. The second-order valence-corrected chi connectivity index (χ2v) is 6.90. The highest BCUT2D eigenvalue weighted by atomic mass is 32.2. The number of nitrogens with one attached hydrogen (secondary N) is 1. The Morgan fingerprint density at radius 2 is 2.26 bits per heavy atom. The van der Waals surface area contributed by atoms with E-state index >= 15 is 0 Å². The van der Waals surface area contributed by atoms with E-state index in [1.807, 2.05) is 0 Å². The van der Waals surface area contributed by atoms with Gasteiger partial charge in [0.15, 0.2) is 0 Å². The van der Waals surface area contributed by atoms with Crippen LogP contribution < -0.4 is 11.3 Å². The maximum atomic E-state index is 12.4. The Morgan fingerprint density at radius 3 is 2.79 bits per heavy atom. The van der Waals surface area contributed by atoms with Gasteiger partial charge in [0.25, 0.3) is 0 Å². The van der Waals surface area contributed by atoms with Crippen LogP contribution in [0.5, 0.6) is 0 Å². The Kier molecular flexibility index (Phi) is 3.77. The Morgan fingerprint density at radius 1 is 1.53 bits per heavy atom. The van der Waals surface area contributed by atoms with Crippen molar-refractivity contribution in [2.24, 2.45) is 5.84 Å². The van der Waals surface area contributed by atoms with Crippen molar-refractivity contribution in [3.05, 3.63) is 18.3 Å². The molecule has 19 heavy (non-hydrogen) atoms. The Bertz CT molecular complexity index is 542. The molecule has 0 aliphatic carbocycles. The molecule has 0 aromatic carbocycles. The molecule has 0 amide bonds. The first-order valence-electron chi connectivity index (χ1n) is 6.00. The normalized spacial score (nSPS) is 25.2. The molecule has 1 aromatic heterocycles. The molecule has 1 aliphatic rings. The smallest absolute Gasteiger partial charge is 0.244 e. The molecule has 2 rings (SSSR count). The summed E-state index contributed by atoms with van der Waals surface area (Å²) in [7, 11) is -3.62. The molecule has 1 atom stereocenters. The number of pyridine rings is 1. The standard InChI is InChI=1S/C11H18N4O3S/c1-11(16)5-2-6-15(8-11)19(17,18)9-3-4-10(14-12)13-7-9/h3-4,7,16H,2,5-6,8,12H2,1H3,(H,13,14). The fourth-order valence-corrected chi connectivity index (χ4v) is 3.69. The molecule has 2 heterocycles. The maximum Gasteiger partial charge on any atom is 0.244 e. The highest BCUT2D eigenvalue weighted by Gasteiger charge is 2.35. The highest BCUT2D eigenvalue weighted by Crippen LogP contribution is 2.25. The molecule has 1 aliphatic heterocycles. The third-order valence-corrected chi connectivity index (χ3v) is 4.99. The molecule has 0 spiro atoms. The number of rotatable bonds is 3. The van der Waals surface area contributed by atoms with Gasteiger partial charge in [-0.25, -0.2) is 19.2 Å². The Balaban J connectivity index is 2.26. The summed E-state index contributed by atoms with van der Waals surface area (Å²) in [5, 5.41) is 9.99. The van der Waals surface area contributed by atoms with Crippen LogP contribution in [0.4, 0.5) is 5.82 Å². The van der Waals surface area contributed by atoms with Crippen LogP contribution >= 0.6 is 0 Å². The van der Waals surface area contributed by atoms with Crippen LogP contribution in [0.25, 0.3) is 0 Å². The lowest BCUT2D eigenvalue weighted by Gasteiger charge is -2.35. The number of hydrogen-bond acceptors (Lipinski definition) is 6. The third kappa shape index (κ3) is 3.03. The zero-order valence-electron chi connectivity index (χ0n) is 10.7. The Labute approximate surface area is 112 Å². The number of β-amino-alcohol motifs (C(OH)–C–C–N with tert-alkyl or cyclic N) is 1. The second kappa shape index (κ2) is 5.04. The number of sulfonamides is 1. The second-order valence-electron chi connectivity index (χ2n) is 4.96. The summed E-state index contributed by atoms with van der Waals surface area (Å²) in [6.45, 7) is 2.16. The van der Waals surface area contributed by atoms with Crippen LogP contribution in [0, 0.1) is 0 Å². The van der Waals surface area contributed by atoms with E-state index in [4.69, 9.17) is 5.84 Å². The molecule has 0 radical (unpaired) electrons. The lowest BCUT2D eigenvalue weighted by Crippen LogP contribution is -2.48. The van der Waals surface area contributed by atoms with Gasteiger partial charge in [-0.05, 0) is 31.9 Å². The van der Waals surface area contributed by atoms with Gasteiger partial charge in [-0.2, -0.15) is 4.31 Å². The van der Waals surface area contributed by atoms with Gasteiger partial charge < -0.3 is 10.5 Å². The summed E-state index contributed by atoms with van der Waals surface area (Å²) in [6.07, 6.45) is 2.50. The minimum absolute atomic E-state index is 0.101. The summed E-state index contributed by atoms with van der Waals surface area (Å²) in [4.78, 5) is 3.99. The molecule has 0 bridgehead atoms. The lowest BCUT2D eigenvalue weighted by atomic mass is 9.97. The van der Waals surface area contributed by atoms with E-state index in [0.717, 1.165) is 0 Å². The minimum Gasteiger partial charge on any atom is -0.389 e. The van der Waals surface area contributed by atoms with Crippen LogP contribution in [-0.2, 0) is 10.0 Å². The van der Waals surface area contributed by atoms with Crippen LogP contribution in [0.3, 0.4) is 0 Å². The predicted octanol–water partition coefficient (Wildman–Crippen LogP) is -0.0973. The molecule has 1 saturated heterocycles. The topological polar surface area (TPSA) is 109 Å². The number of anilines is 1. The van der Waals surface area contributed by atoms with Gasteiger partial charge in [-0.3, -0.25) is 0 Å². The fraction of sp³-hybridized carbons (Fsp3) is 0.545. The molecule has 4 N–H and O–H groups in total. The number of aliphatic hydroxyl groups is 1. The van der Waals surface area contributed by atoms with E-state index < -0.39 is 15.6 Å². The van der Waals surface area contributed by atoms with Gasteiger partial charge >= 0.3 is 0 Å². The van der Waals surface area contributed by atoms with E-state index in [1.165, 1.54) is 22.6 Å². The number of nitrogens with two attached hydrogens (primary N) is 1. The average Bonchev–Trinajstić information content (AvgIpc) is 2.37. The van der Waals surface area contributed by atoms with Crippen LogP contribution in [-0.4, -0.2) is 41.5 Å². The fourth-order valence-electron chi connectivity index (χ4n) is 2.15. The van der Waals surface area contributed by atoms with Gasteiger partial charge in [-0.15, -0.1) is 0 Å². The van der Waals surface area contributed by atoms with Crippen LogP contribution in [0.15, 0.2) is 23.2 Å². The number of nitrogens with zero attached hydrogens (tertiary/aromatic N) is 2. The number of hydrazine groups is 1. The molecular weight excluding hydrogens is 268 g/mol. The van der Waals surface area contributed by atoms with Crippen LogP contribution in [0.1, 0.15) is 19.8 Å². The van der Waals surface area contributed by atoms with E-state index in [-0.39, 0.29) is 11.4 Å². The zero-order chi connectivity index (χ0) is 14.1. The van der Waals surface area contributed by atoms with Crippen molar-refractivity contribution in [3.63, 3.8) is 0 Å². The average molecular weight is 286 g/mol. The van der Waals surface area contributed by atoms with Crippen molar-refractivity contribution in [3.8, 4) is 0 Å². The van der Waals surface area contributed by atoms with Gasteiger partial charge in [0.2, 0.25) is 10.0 Å². The predicted molar refractivity (Wildman–Crippen MR) is 70.7 cm³/mol. The number of aromatic nitrogens is 1.